The van der Waals surface area contributed by atoms with E-state index in [1.54, 1.807) is 0 Å². The zero-order chi connectivity index (χ0) is 7.23. The van der Waals surface area contributed by atoms with Crippen molar-refractivity contribution in [2.75, 3.05) is 26.4 Å². The lowest BCUT2D eigenvalue weighted by atomic mass is 10.1. The van der Waals surface area contributed by atoms with Crippen LogP contribution >= 0.6 is 0 Å². The second kappa shape index (κ2) is 4.69. The third-order valence-electron chi connectivity index (χ3n) is 1.90. The maximum atomic E-state index is 5.24. The lowest BCUT2D eigenvalue weighted by Gasteiger charge is -2.05. The number of hydrogen-bond donors (Lipinski definition) is 0. The van der Waals surface area contributed by atoms with Crippen LogP contribution in [0.5, 0.6) is 0 Å². The van der Waals surface area contributed by atoms with Crippen molar-refractivity contribution < 1.29 is 9.47 Å². The standard InChI is InChI=1S/C8H16O2/c1-2-9-5-3-8-4-6-10-7-8/h8H,2-7H2,1H3. The highest BCUT2D eigenvalue weighted by molar-refractivity contribution is 4.63. The van der Waals surface area contributed by atoms with Gasteiger partial charge in [0.2, 0.25) is 0 Å². The van der Waals surface area contributed by atoms with Gasteiger partial charge in [0.25, 0.3) is 0 Å². The molecule has 1 rings (SSSR count). The third-order valence-corrected chi connectivity index (χ3v) is 1.90. The van der Waals surface area contributed by atoms with E-state index >= 15 is 0 Å². The summed E-state index contributed by atoms with van der Waals surface area (Å²) in [6, 6.07) is 0. The van der Waals surface area contributed by atoms with Gasteiger partial charge in [-0.25, -0.2) is 0 Å². The van der Waals surface area contributed by atoms with Gasteiger partial charge in [0, 0.05) is 26.4 Å². The van der Waals surface area contributed by atoms with E-state index in [0.29, 0.717) is 0 Å². The van der Waals surface area contributed by atoms with Crippen LogP contribution in [-0.2, 0) is 9.47 Å². The van der Waals surface area contributed by atoms with Crippen molar-refractivity contribution in [1.29, 1.82) is 0 Å². The molecule has 1 aliphatic heterocycles. The summed E-state index contributed by atoms with van der Waals surface area (Å²) >= 11 is 0. The molecule has 0 bridgehead atoms. The van der Waals surface area contributed by atoms with Gasteiger partial charge in [-0.2, -0.15) is 0 Å². The smallest absolute Gasteiger partial charge is 0.0495 e. The molecule has 0 radical (unpaired) electrons. The molecule has 1 aliphatic rings. The van der Waals surface area contributed by atoms with Crippen LogP contribution in [0.1, 0.15) is 19.8 Å². The van der Waals surface area contributed by atoms with Gasteiger partial charge in [-0.3, -0.25) is 0 Å². The first kappa shape index (κ1) is 8.02. The highest BCUT2D eigenvalue weighted by Gasteiger charge is 2.14. The molecule has 1 fully saturated rings. The van der Waals surface area contributed by atoms with Gasteiger partial charge < -0.3 is 9.47 Å². The minimum atomic E-state index is 0.770. The van der Waals surface area contributed by atoms with E-state index in [1.165, 1.54) is 12.8 Å². The van der Waals surface area contributed by atoms with E-state index < -0.39 is 0 Å². The van der Waals surface area contributed by atoms with Crippen molar-refractivity contribution in [3.63, 3.8) is 0 Å². The number of ether oxygens (including phenoxy) is 2. The zero-order valence-corrected chi connectivity index (χ0v) is 6.64. The summed E-state index contributed by atoms with van der Waals surface area (Å²) in [6.45, 7) is 5.69. The van der Waals surface area contributed by atoms with Crippen LogP contribution in [0, 0.1) is 5.92 Å². The molecule has 0 aliphatic carbocycles. The van der Waals surface area contributed by atoms with Gasteiger partial charge >= 0.3 is 0 Å². The predicted octanol–water partition coefficient (Wildman–Crippen LogP) is 1.45. The van der Waals surface area contributed by atoms with Crippen molar-refractivity contribution in [2.24, 2.45) is 5.92 Å². The summed E-state index contributed by atoms with van der Waals surface area (Å²) in [5.74, 6) is 0.770. The molecule has 10 heavy (non-hydrogen) atoms. The Morgan fingerprint density at radius 3 is 3.10 bits per heavy atom. The van der Waals surface area contributed by atoms with E-state index in [4.69, 9.17) is 9.47 Å². The Bertz CT molecular complexity index is 77.3. The second-order valence-corrected chi connectivity index (χ2v) is 2.72. The summed E-state index contributed by atoms with van der Waals surface area (Å²) in [7, 11) is 0. The first-order valence-electron chi connectivity index (χ1n) is 4.09. The fraction of sp³-hybridized carbons (Fsp3) is 1.00. The quantitative estimate of drug-likeness (QED) is 0.556. The Kier molecular flexibility index (Phi) is 3.76. The minimum Gasteiger partial charge on any atom is -0.382 e. The molecule has 0 aromatic rings. The summed E-state index contributed by atoms with van der Waals surface area (Å²) in [5, 5.41) is 0. The van der Waals surface area contributed by atoms with E-state index in [1.807, 2.05) is 6.92 Å². The molecule has 1 unspecified atom stereocenters. The van der Waals surface area contributed by atoms with Crippen LogP contribution in [-0.4, -0.2) is 26.4 Å². The Balaban J connectivity index is 1.91. The monoisotopic (exact) mass is 144 g/mol. The molecule has 1 atom stereocenters. The van der Waals surface area contributed by atoms with Gasteiger partial charge in [-0.15, -0.1) is 0 Å². The van der Waals surface area contributed by atoms with Crippen LogP contribution in [0.4, 0.5) is 0 Å². The molecular formula is C8H16O2. The second-order valence-electron chi connectivity index (χ2n) is 2.72. The molecule has 0 amide bonds. The zero-order valence-electron chi connectivity index (χ0n) is 6.64. The first-order valence-corrected chi connectivity index (χ1v) is 4.09. The maximum absolute atomic E-state index is 5.24. The van der Waals surface area contributed by atoms with Gasteiger partial charge in [0.05, 0.1) is 0 Å². The molecule has 0 N–H and O–H groups in total. The normalized spacial score (nSPS) is 25.5. The molecule has 60 valence electrons. The van der Waals surface area contributed by atoms with E-state index in [0.717, 1.165) is 32.3 Å². The molecule has 2 nitrogen and oxygen atoms in total. The number of hydrogen-bond acceptors (Lipinski definition) is 2. The van der Waals surface area contributed by atoms with E-state index in [9.17, 15) is 0 Å². The van der Waals surface area contributed by atoms with Gasteiger partial charge in [-0.05, 0) is 25.7 Å². The van der Waals surface area contributed by atoms with Crippen LogP contribution in [0.25, 0.3) is 0 Å². The van der Waals surface area contributed by atoms with Crippen LogP contribution < -0.4 is 0 Å². The first-order chi connectivity index (χ1) is 4.93. The van der Waals surface area contributed by atoms with Gasteiger partial charge in [-0.1, -0.05) is 0 Å². The van der Waals surface area contributed by atoms with Crippen molar-refractivity contribution >= 4 is 0 Å². The molecular weight excluding hydrogens is 128 g/mol. The summed E-state index contributed by atoms with van der Waals surface area (Å²) < 4.78 is 10.5. The van der Waals surface area contributed by atoms with Crippen molar-refractivity contribution in [2.45, 2.75) is 19.8 Å². The molecule has 1 saturated heterocycles. The molecule has 0 aromatic carbocycles. The average Bonchev–Trinajstić information content (AvgIpc) is 2.41. The number of rotatable bonds is 4. The lowest BCUT2D eigenvalue weighted by Crippen LogP contribution is -2.04. The summed E-state index contributed by atoms with van der Waals surface area (Å²) in [4.78, 5) is 0. The van der Waals surface area contributed by atoms with Crippen LogP contribution in [0.3, 0.4) is 0 Å². The van der Waals surface area contributed by atoms with Gasteiger partial charge in [0.1, 0.15) is 0 Å². The molecule has 0 saturated carbocycles. The Labute approximate surface area is 62.5 Å². The van der Waals surface area contributed by atoms with E-state index in [-0.39, 0.29) is 0 Å². The van der Waals surface area contributed by atoms with Crippen molar-refractivity contribution in [1.82, 2.24) is 0 Å². The summed E-state index contributed by atoms with van der Waals surface area (Å²) in [6.07, 6.45) is 2.40. The van der Waals surface area contributed by atoms with Crippen molar-refractivity contribution in [3.05, 3.63) is 0 Å². The predicted molar refractivity (Wildman–Crippen MR) is 40.0 cm³/mol. The largest absolute Gasteiger partial charge is 0.382 e. The Morgan fingerprint density at radius 1 is 1.60 bits per heavy atom. The molecule has 0 aromatic heterocycles. The molecule has 2 heteroatoms. The highest BCUT2D eigenvalue weighted by atomic mass is 16.5. The fourth-order valence-electron chi connectivity index (χ4n) is 1.21. The maximum Gasteiger partial charge on any atom is 0.0495 e. The minimum absolute atomic E-state index is 0.770. The SMILES string of the molecule is CCOCCC1CCOC1. The molecule has 1 heterocycles. The Morgan fingerprint density at radius 2 is 2.50 bits per heavy atom. The lowest BCUT2D eigenvalue weighted by molar-refractivity contribution is 0.124. The van der Waals surface area contributed by atoms with Crippen molar-refractivity contribution in [3.8, 4) is 0 Å². The van der Waals surface area contributed by atoms with E-state index in [2.05, 4.69) is 0 Å². The highest BCUT2D eigenvalue weighted by Crippen LogP contribution is 2.15. The van der Waals surface area contributed by atoms with Gasteiger partial charge in [0.15, 0.2) is 0 Å². The van der Waals surface area contributed by atoms with Crippen LogP contribution in [0.15, 0.2) is 0 Å². The summed E-state index contributed by atoms with van der Waals surface area (Å²) in [5.41, 5.74) is 0. The fourth-order valence-corrected chi connectivity index (χ4v) is 1.21. The Hall–Kier alpha value is -0.0800. The molecule has 0 spiro atoms. The topological polar surface area (TPSA) is 18.5 Å². The van der Waals surface area contributed by atoms with Crippen LogP contribution in [0.2, 0.25) is 0 Å². The third kappa shape index (κ3) is 2.67. The average molecular weight is 144 g/mol.